The van der Waals surface area contributed by atoms with Crippen LogP contribution in [-0.2, 0) is 17.9 Å². The van der Waals surface area contributed by atoms with Crippen molar-refractivity contribution in [2.75, 3.05) is 6.61 Å². The van der Waals surface area contributed by atoms with Gasteiger partial charge in [-0.05, 0) is 30.2 Å². The average Bonchev–Trinajstić information content (AvgIpc) is 3.04. The zero-order valence-corrected chi connectivity index (χ0v) is 15.4. The summed E-state index contributed by atoms with van der Waals surface area (Å²) in [5.74, 6) is -0.275. The summed E-state index contributed by atoms with van der Waals surface area (Å²) in [6.07, 6.45) is 5.84. The van der Waals surface area contributed by atoms with E-state index in [1.807, 2.05) is 17.7 Å². The van der Waals surface area contributed by atoms with Crippen molar-refractivity contribution in [2.45, 2.75) is 26.5 Å². The van der Waals surface area contributed by atoms with E-state index in [0.29, 0.717) is 29.9 Å². The smallest absolute Gasteiger partial charge is 0.309 e. The molecule has 4 aromatic rings. The molecule has 0 aliphatic carbocycles. The number of pyridine rings is 2. The van der Waals surface area contributed by atoms with E-state index in [9.17, 15) is 14.4 Å². The van der Waals surface area contributed by atoms with E-state index in [4.69, 9.17) is 4.74 Å². The Hall–Kier alpha value is -3.19. The quantitative estimate of drug-likeness (QED) is 0.408. The fourth-order valence-electron chi connectivity index (χ4n) is 3.40. The first-order valence-electron chi connectivity index (χ1n) is 9.12. The van der Waals surface area contributed by atoms with Crippen LogP contribution in [0, 0.1) is 5.82 Å². The van der Waals surface area contributed by atoms with E-state index in [-0.39, 0.29) is 11.3 Å². The zero-order chi connectivity index (χ0) is 19.7. The van der Waals surface area contributed by atoms with Gasteiger partial charge in [-0.25, -0.2) is 9.37 Å². The lowest BCUT2D eigenvalue weighted by Crippen LogP contribution is -2.17. The van der Waals surface area contributed by atoms with E-state index >= 15 is 0 Å². The Morgan fingerprint density at radius 1 is 1.21 bits per heavy atom. The predicted octanol–water partition coefficient (Wildman–Crippen LogP) is 3.70. The van der Waals surface area contributed by atoms with Gasteiger partial charge in [0.2, 0.25) is 0 Å². The van der Waals surface area contributed by atoms with Crippen LogP contribution >= 0.6 is 0 Å². The second-order valence-corrected chi connectivity index (χ2v) is 6.71. The van der Waals surface area contributed by atoms with Crippen LogP contribution in [0.3, 0.4) is 0 Å². The Kier molecular flexibility index (Phi) is 4.83. The number of hydrogen-bond donors (Lipinski definition) is 1. The molecule has 0 aliphatic rings. The van der Waals surface area contributed by atoms with Crippen LogP contribution in [-0.4, -0.2) is 26.1 Å². The van der Waals surface area contributed by atoms with Gasteiger partial charge in [0.05, 0.1) is 18.3 Å². The highest BCUT2D eigenvalue weighted by Crippen LogP contribution is 2.28. The van der Waals surface area contributed by atoms with Gasteiger partial charge in [0, 0.05) is 41.9 Å². The van der Waals surface area contributed by atoms with Gasteiger partial charge in [0.15, 0.2) is 0 Å². The molecule has 0 saturated heterocycles. The van der Waals surface area contributed by atoms with Crippen LogP contribution in [0.4, 0.5) is 4.39 Å². The average molecular weight is 381 g/mol. The molecule has 0 atom stereocenters. The molecular formula is C21H20FN3O3. The van der Waals surface area contributed by atoms with Gasteiger partial charge in [0.1, 0.15) is 11.3 Å². The standard InChI is InChI=1S/C21H20FN3O3/c1-2-9-28-13-15-12-24(11-14-3-5-16(22)6-4-14)18-10-23-20-17(19(15)18)7-8-25(27)21(20)26/h3-8,10,12,27H,2,9,11,13H2,1H3. The van der Waals surface area contributed by atoms with Gasteiger partial charge in [-0.15, -0.1) is 0 Å². The maximum Gasteiger partial charge on any atom is 0.309 e. The van der Waals surface area contributed by atoms with Gasteiger partial charge >= 0.3 is 5.56 Å². The molecule has 1 N–H and O–H groups in total. The zero-order valence-electron chi connectivity index (χ0n) is 15.4. The van der Waals surface area contributed by atoms with Gasteiger partial charge in [0.25, 0.3) is 0 Å². The molecule has 144 valence electrons. The Morgan fingerprint density at radius 3 is 2.75 bits per heavy atom. The summed E-state index contributed by atoms with van der Waals surface area (Å²) in [5.41, 5.74) is 2.38. The molecule has 0 fully saturated rings. The van der Waals surface area contributed by atoms with Gasteiger partial charge < -0.3 is 14.5 Å². The van der Waals surface area contributed by atoms with Crippen LogP contribution in [0.2, 0.25) is 0 Å². The molecule has 0 aliphatic heterocycles. The lowest BCUT2D eigenvalue weighted by atomic mass is 10.1. The maximum absolute atomic E-state index is 13.2. The van der Waals surface area contributed by atoms with Crippen LogP contribution in [0.25, 0.3) is 21.8 Å². The highest BCUT2D eigenvalue weighted by molar-refractivity contribution is 6.06. The maximum atomic E-state index is 13.2. The highest BCUT2D eigenvalue weighted by atomic mass is 19.1. The van der Waals surface area contributed by atoms with Crippen molar-refractivity contribution in [3.63, 3.8) is 0 Å². The molecule has 6 nitrogen and oxygen atoms in total. The largest absolute Gasteiger partial charge is 0.425 e. The summed E-state index contributed by atoms with van der Waals surface area (Å²) < 4.78 is 21.5. The van der Waals surface area contributed by atoms with Crippen molar-refractivity contribution in [3.05, 3.63) is 76.2 Å². The number of benzene rings is 1. The molecule has 0 unspecified atom stereocenters. The van der Waals surface area contributed by atoms with Crippen molar-refractivity contribution in [1.82, 2.24) is 14.3 Å². The number of halogens is 1. The third-order valence-electron chi connectivity index (χ3n) is 4.70. The van der Waals surface area contributed by atoms with Crippen LogP contribution in [0.1, 0.15) is 24.5 Å². The van der Waals surface area contributed by atoms with Crippen LogP contribution in [0.15, 0.2) is 53.7 Å². The van der Waals surface area contributed by atoms with E-state index in [1.165, 1.54) is 18.3 Å². The molecule has 0 amide bonds. The number of ether oxygens (including phenoxy) is 1. The van der Waals surface area contributed by atoms with Crippen molar-refractivity contribution in [3.8, 4) is 0 Å². The van der Waals surface area contributed by atoms with E-state index in [0.717, 1.165) is 28.5 Å². The second kappa shape index (κ2) is 7.44. The molecule has 0 bridgehead atoms. The second-order valence-electron chi connectivity index (χ2n) is 6.71. The topological polar surface area (TPSA) is 69.3 Å². The van der Waals surface area contributed by atoms with Gasteiger partial charge in [-0.3, -0.25) is 4.79 Å². The Morgan fingerprint density at radius 2 is 2.00 bits per heavy atom. The van der Waals surface area contributed by atoms with E-state index in [2.05, 4.69) is 4.98 Å². The molecule has 4 rings (SSSR count). The Labute approximate surface area is 160 Å². The third-order valence-corrected chi connectivity index (χ3v) is 4.70. The molecular weight excluding hydrogens is 361 g/mol. The number of rotatable bonds is 6. The molecule has 28 heavy (non-hydrogen) atoms. The molecule has 0 radical (unpaired) electrons. The van der Waals surface area contributed by atoms with E-state index < -0.39 is 5.56 Å². The van der Waals surface area contributed by atoms with Crippen molar-refractivity contribution in [2.24, 2.45) is 0 Å². The SMILES string of the molecule is CCCOCc1cn(Cc2ccc(F)cc2)c2cnc3c(=O)n(O)ccc3c12. The summed E-state index contributed by atoms with van der Waals surface area (Å²) in [6.45, 7) is 3.62. The molecule has 3 aromatic heterocycles. The molecule has 0 saturated carbocycles. The Bertz CT molecular complexity index is 1200. The summed E-state index contributed by atoms with van der Waals surface area (Å²) in [4.78, 5) is 16.5. The van der Waals surface area contributed by atoms with Gasteiger partial charge in [-0.1, -0.05) is 19.1 Å². The molecule has 1 aromatic carbocycles. The van der Waals surface area contributed by atoms with Crippen LogP contribution in [0.5, 0.6) is 0 Å². The van der Waals surface area contributed by atoms with Crippen molar-refractivity contribution >= 4 is 21.8 Å². The molecule has 3 heterocycles. The summed E-state index contributed by atoms with van der Waals surface area (Å²) in [6, 6.07) is 8.03. The number of nitrogens with zero attached hydrogens (tertiary/aromatic N) is 3. The van der Waals surface area contributed by atoms with Crippen molar-refractivity contribution in [1.29, 1.82) is 0 Å². The minimum absolute atomic E-state index is 0.203. The summed E-state index contributed by atoms with van der Waals surface area (Å²) in [7, 11) is 0. The third kappa shape index (κ3) is 3.25. The first-order chi connectivity index (χ1) is 13.6. The lowest BCUT2D eigenvalue weighted by Gasteiger charge is -2.07. The van der Waals surface area contributed by atoms with Crippen molar-refractivity contribution < 1.29 is 14.3 Å². The number of fused-ring (bicyclic) bond motifs is 3. The summed E-state index contributed by atoms with van der Waals surface area (Å²) >= 11 is 0. The Balaban J connectivity index is 1.88. The first kappa shape index (κ1) is 18.2. The fourth-order valence-corrected chi connectivity index (χ4v) is 3.40. The minimum Gasteiger partial charge on any atom is -0.425 e. The summed E-state index contributed by atoms with van der Waals surface area (Å²) in [5, 5.41) is 11.2. The number of hydrogen-bond acceptors (Lipinski definition) is 4. The van der Waals surface area contributed by atoms with E-state index in [1.54, 1.807) is 24.4 Å². The minimum atomic E-state index is -0.564. The van der Waals surface area contributed by atoms with Gasteiger partial charge in [-0.2, -0.15) is 4.73 Å². The predicted molar refractivity (Wildman–Crippen MR) is 104 cm³/mol. The lowest BCUT2D eigenvalue weighted by molar-refractivity contribution is 0.122. The molecule has 0 spiro atoms. The first-order valence-corrected chi connectivity index (χ1v) is 9.12. The monoisotopic (exact) mass is 381 g/mol. The van der Waals surface area contributed by atoms with Crippen LogP contribution < -0.4 is 5.56 Å². The molecule has 7 heteroatoms. The highest BCUT2D eigenvalue weighted by Gasteiger charge is 2.15. The normalized spacial score (nSPS) is 11.5. The number of aromatic nitrogens is 3. The fraction of sp³-hybridized carbons (Fsp3) is 0.238.